The van der Waals surface area contributed by atoms with Crippen LogP contribution in [-0.4, -0.2) is 10.7 Å². The summed E-state index contributed by atoms with van der Waals surface area (Å²) in [6.45, 7) is 0. The molecule has 0 bridgehead atoms. The molecule has 2 aliphatic heterocycles. The lowest BCUT2D eigenvalue weighted by Gasteiger charge is -2.21. The minimum absolute atomic E-state index is 0.107. The molecule has 4 nitrogen and oxygen atoms in total. The number of rotatable bonds is 4. The maximum Gasteiger partial charge on any atom is 0.207 e. The fraction of sp³-hybridized carbons (Fsp3) is 0.0667. The van der Waals surface area contributed by atoms with Crippen LogP contribution in [0.5, 0.6) is 0 Å². The molecule has 4 aromatic carbocycles. The standard InChI is InChI=1S/C30H22N4S2/c1-3-9-20(10-4-1)26-19-35-30(32-26)34-27(21-11-5-2-6-12-21)18-24(33-34)22-15-16-29-25(17-22)31-23-13-7-8-14-28(23)36-29/h1-17,19,27,31H,18H2. The molecule has 5 aromatic rings. The highest BCUT2D eigenvalue weighted by molar-refractivity contribution is 7.99. The molecule has 1 aromatic heterocycles. The number of nitrogens with one attached hydrogen (secondary N) is 1. The second-order valence-corrected chi connectivity index (χ2v) is 10.8. The number of para-hydroxylation sites is 1. The Balaban J connectivity index is 1.25. The van der Waals surface area contributed by atoms with Crippen LogP contribution in [0.3, 0.4) is 0 Å². The quantitative estimate of drug-likeness (QED) is 0.263. The lowest BCUT2D eigenvalue weighted by Crippen LogP contribution is -2.18. The van der Waals surface area contributed by atoms with Crippen molar-refractivity contribution >= 4 is 45.3 Å². The average molecular weight is 503 g/mol. The summed E-state index contributed by atoms with van der Waals surface area (Å²) in [5, 5.41) is 13.9. The molecule has 1 atom stereocenters. The molecule has 36 heavy (non-hydrogen) atoms. The van der Waals surface area contributed by atoms with Crippen molar-refractivity contribution in [3.8, 4) is 11.3 Å². The number of benzene rings is 4. The second-order valence-electron chi connectivity index (χ2n) is 8.84. The Morgan fingerprint density at radius 1 is 0.750 bits per heavy atom. The van der Waals surface area contributed by atoms with E-state index in [2.05, 4.69) is 101 Å². The Bertz CT molecular complexity index is 1580. The van der Waals surface area contributed by atoms with Crippen molar-refractivity contribution in [1.82, 2.24) is 4.98 Å². The molecule has 0 spiro atoms. The first-order valence-electron chi connectivity index (χ1n) is 11.9. The van der Waals surface area contributed by atoms with Gasteiger partial charge >= 0.3 is 0 Å². The third kappa shape index (κ3) is 3.88. The molecule has 1 N–H and O–H groups in total. The average Bonchev–Trinajstić information content (AvgIpc) is 3.61. The third-order valence-electron chi connectivity index (χ3n) is 6.54. The van der Waals surface area contributed by atoms with Crippen molar-refractivity contribution in [1.29, 1.82) is 0 Å². The first kappa shape index (κ1) is 21.4. The number of fused-ring (bicyclic) bond motifs is 2. The highest BCUT2D eigenvalue weighted by Gasteiger charge is 2.32. The number of aromatic nitrogens is 1. The molecular formula is C30H22N4S2. The second kappa shape index (κ2) is 8.97. The van der Waals surface area contributed by atoms with Gasteiger partial charge < -0.3 is 5.32 Å². The van der Waals surface area contributed by atoms with Gasteiger partial charge in [-0.25, -0.2) is 9.99 Å². The summed E-state index contributed by atoms with van der Waals surface area (Å²) in [6.07, 6.45) is 0.826. The lowest BCUT2D eigenvalue weighted by molar-refractivity contribution is 0.706. The molecule has 7 rings (SSSR count). The van der Waals surface area contributed by atoms with Crippen molar-refractivity contribution < 1.29 is 0 Å². The highest BCUT2D eigenvalue weighted by atomic mass is 32.2. The first-order chi connectivity index (χ1) is 17.8. The summed E-state index contributed by atoms with van der Waals surface area (Å²) in [6, 6.07) is 36.1. The van der Waals surface area contributed by atoms with E-state index in [-0.39, 0.29) is 6.04 Å². The zero-order chi connectivity index (χ0) is 23.9. The van der Waals surface area contributed by atoms with E-state index < -0.39 is 0 Å². The van der Waals surface area contributed by atoms with Crippen LogP contribution in [0.15, 0.2) is 123 Å². The normalized spacial score (nSPS) is 16.2. The van der Waals surface area contributed by atoms with Gasteiger partial charge in [-0.2, -0.15) is 5.10 Å². The minimum atomic E-state index is 0.107. The number of hydrazone groups is 1. The first-order valence-corrected chi connectivity index (χ1v) is 13.6. The largest absolute Gasteiger partial charge is 0.354 e. The summed E-state index contributed by atoms with van der Waals surface area (Å²) in [5.74, 6) is 0. The number of thiazole rings is 1. The molecular weight excluding hydrogens is 480 g/mol. The van der Waals surface area contributed by atoms with Crippen LogP contribution in [0.1, 0.15) is 23.6 Å². The van der Waals surface area contributed by atoms with Crippen LogP contribution in [-0.2, 0) is 0 Å². The molecule has 0 fully saturated rings. The number of hydrogen-bond acceptors (Lipinski definition) is 6. The van der Waals surface area contributed by atoms with Gasteiger partial charge in [-0.3, -0.25) is 0 Å². The van der Waals surface area contributed by atoms with Gasteiger partial charge in [0.2, 0.25) is 5.13 Å². The van der Waals surface area contributed by atoms with E-state index in [1.165, 1.54) is 15.4 Å². The lowest BCUT2D eigenvalue weighted by atomic mass is 9.98. The van der Waals surface area contributed by atoms with Crippen LogP contribution in [0, 0.1) is 0 Å². The summed E-state index contributed by atoms with van der Waals surface area (Å²) in [7, 11) is 0. The predicted octanol–water partition coefficient (Wildman–Crippen LogP) is 8.37. The van der Waals surface area contributed by atoms with Crippen LogP contribution >= 0.6 is 23.1 Å². The number of anilines is 3. The Kier molecular flexibility index (Phi) is 5.34. The molecule has 174 valence electrons. The van der Waals surface area contributed by atoms with Crippen molar-refractivity contribution in [3.63, 3.8) is 0 Å². The summed E-state index contributed by atoms with van der Waals surface area (Å²) in [4.78, 5) is 7.47. The van der Waals surface area contributed by atoms with Gasteiger partial charge in [-0.05, 0) is 35.4 Å². The Hall–Kier alpha value is -3.87. The molecule has 0 amide bonds. The van der Waals surface area contributed by atoms with Crippen LogP contribution in [0.4, 0.5) is 16.5 Å². The Morgan fingerprint density at radius 3 is 2.36 bits per heavy atom. The van der Waals surface area contributed by atoms with Gasteiger partial charge in [0.1, 0.15) is 0 Å². The molecule has 0 aliphatic carbocycles. The SMILES string of the molecule is c1ccc(-c2csc(N3N=C(c4ccc5c(c4)Nc4ccccc4S5)CC3c3ccccc3)n2)cc1. The topological polar surface area (TPSA) is 40.5 Å². The van der Waals surface area contributed by atoms with E-state index >= 15 is 0 Å². The van der Waals surface area contributed by atoms with Crippen LogP contribution < -0.4 is 10.3 Å². The van der Waals surface area contributed by atoms with Crippen molar-refractivity contribution in [3.05, 3.63) is 120 Å². The summed E-state index contributed by atoms with van der Waals surface area (Å²) in [5.41, 5.74) is 7.86. The minimum Gasteiger partial charge on any atom is -0.354 e. The zero-order valence-electron chi connectivity index (χ0n) is 19.3. The van der Waals surface area contributed by atoms with Gasteiger partial charge in [-0.15, -0.1) is 11.3 Å². The van der Waals surface area contributed by atoms with E-state index in [0.717, 1.165) is 45.5 Å². The molecule has 0 saturated carbocycles. The van der Waals surface area contributed by atoms with E-state index in [1.54, 1.807) is 11.3 Å². The van der Waals surface area contributed by atoms with E-state index in [1.807, 2.05) is 30.0 Å². The van der Waals surface area contributed by atoms with E-state index in [0.29, 0.717) is 0 Å². The van der Waals surface area contributed by atoms with E-state index in [9.17, 15) is 0 Å². The maximum absolute atomic E-state index is 5.15. The van der Waals surface area contributed by atoms with Crippen molar-refractivity contribution in [2.24, 2.45) is 5.10 Å². The predicted molar refractivity (Wildman–Crippen MR) is 151 cm³/mol. The van der Waals surface area contributed by atoms with Gasteiger partial charge in [0.15, 0.2) is 0 Å². The fourth-order valence-electron chi connectivity index (χ4n) is 4.73. The van der Waals surface area contributed by atoms with E-state index in [4.69, 9.17) is 10.1 Å². The molecule has 6 heteroatoms. The van der Waals surface area contributed by atoms with Gasteiger partial charge in [0, 0.05) is 27.2 Å². The highest BCUT2D eigenvalue weighted by Crippen LogP contribution is 2.45. The van der Waals surface area contributed by atoms with Gasteiger partial charge in [-0.1, -0.05) is 90.6 Å². The van der Waals surface area contributed by atoms with Gasteiger partial charge in [0.25, 0.3) is 0 Å². The zero-order valence-corrected chi connectivity index (χ0v) is 21.0. The van der Waals surface area contributed by atoms with Crippen molar-refractivity contribution in [2.75, 3.05) is 10.3 Å². The smallest absolute Gasteiger partial charge is 0.207 e. The summed E-state index contributed by atoms with van der Waals surface area (Å²) >= 11 is 3.45. The fourth-order valence-corrected chi connectivity index (χ4v) is 6.53. The third-order valence-corrected chi connectivity index (χ3v) is 8.52. The molecule has 3 heterocycles. The number of nitrogens with zero attached hydrogens (tertiary/aromatic N) is 3. The molecule has 2 aliphatic rings. The van der Waals surface area contributed by atoms with Crippen LogP contribution in [0.25, 0.3) is 11.3 Å². The molecule has 0 radical (unpaired) electrons. The monoisotopic (exact) mass is 502 g/mol. The molecule has 1 unspecified atom stereocenters. The number of hydrogen-bond donors (Lipinski definition) is 1. The maximum atomic E-state index is 5.15. The van der Waals surface area contributed by atoms with Crippen LogP contribution in [0.2, 0.25) is 0 Å². The summed E-state index contributed by atoms with van der Waals surface area (Å²) < 4.78 is 0. The Morgan fingerprint density at radius 2 is 1.50 bits per heavy atom. The Labute approximate surface area is 218 Å². The van der Waals surface area contributed by atoms with Crippen molar-refractivity contribution in [2.45, 2.75) is 22.3 Å². The molecule has 0 saturated heterocycles. The van der Waals surface area contributed by atoms with Gasteiger partial charge in [0.05, 0.1) is 28.8 Å².